The van der Waals surface area contributed by atoms with Gasteiger partial charge in [-0.2, -0.15) is 0 Å². The van der Waals surface area contributed by atoms with Gasteiger partial charge in [0.2, 0.25) is 0 Å². The smallest absolute Gasteiger partial charge is 0.279 e. The lowest BCUT2D eigenvalue weighted by Gasteiger charge is -2.29. The molecule has 8 heteroatoms. The molecule has 0 bridgehead atoms. The van der Waals surface area contributed by atoms with E-state index in [4.69, 9.17) is 4.74 Å². The van der Waals surface area contributed by atoms with Gasteiger partial charge in [-0.25, -0.2) is 4.39 Å². The molecule has 1 fully saturated rings. The Bertz CT molecular complexity index is 852. The first-order chi connectivity index (χ1) is 14.5. The molecule has 0 radical (unpaired) electrons. The van der Waals surface area contributed by atoms with Crippen molar-refractivity contribution in [2.45, 2.75) is 6.54 Å². The van der Waals surface area contributed by atoms with E-state index in [0.29, 0.717) is 25.3 Å². The number of amides is 2. The maximum absolute atomic E-state index is 12.9. The third-order valence-electron chi connectivity index (χ3n) is 5.28. The number of para-hydroxylation sites is 1. The van der Waals surface area contributed by atoms with Gasteiger partial charge in [-0.1, -0.05) is 18.2 Å². The van der Waals surface area contributed by atoms with Gasteiger partial charge in [0.1, 0.15) is 37.7 Å². The highest BCUT2D eigenvalue weighted by atomic mass is 19.1. The number of ether oxygens (including phenoxy) is 1. The van der Waals surface area contributed by atoms with Crippen LogP contribution in [0.2, 0.25) is 0 Å². The summed E-state index contributed by atoms with van der Waals surface area (Å²) in [6, 6.07) is 13.4. The molecule has 1 aliphatic rings. The van der Waals surface area contributed by atoms with Crippen LogP contribution >= 0.6 is 0 Å². The van der Waals surface area contributed by atoms with E-state index in [1.807, 2.05) is 24.3 Å². The molecule has 4 N–H and O–H groups in total. The highest BCUT2D eigenvalue weighted by Crippen LogP contribution is 2.16. The highest BCUT2D eigenvalue weighted by molar-refractivity contribution is 5.91. The van der Waals surface area contributed by atoms with E-state index in [-0.39, 0.29) is 17.6 Å². The van der Waals surface area contributed by atoms with E-state index in [1.54, 1.807) is 19.2 Å². The molecule has 2 amide bonds. The summed E-state index contributed by atoms with van der Waals surface area (Å²) in [4.78, 5) is 26.9. The van der Waals surface area contributed by atoms with Crippen molar-refractivity contribution in [1.29, 1.82) is 0 Å². The van der Waals surface area contributed by atoms with Crippen LogP contribution in [0.15, 0.2) is 48.5 Å². The van der Waals surface area contributed by atoms with Crippen LogP contribution in [0.5, 0.6) is 5.75 Å². The fraction of sp³-hybridized carbons (Fsp3) is 0.364. The van der Waals surface area contributed by atoms with Gasteiger partial charge in [-0.15, -0.1) is 0 Å². The molecular formula is C22H29FN4O3+2. The molecule has 2 aromatic carbocycles. The first-order valence-electron chi connectivity index (χ1n) is 10.1. The zero-order valence-corrected chi connectivity index (χ0v) is 17.2. The summed E-state index contributed by atoms with van der Waals surface area (Å²) in [7, 11) is 1.62. The van der Waals surface area contributed by atoms with E-state index >= 15 is 0 Å². The Morgan fingerprint density at radius 1 is 0.933 bits per heavy atom. The molecule has 7 nitrogen and oxygen atoms in total. The highest BCUT2D eigenvalue weighted by Gasteiger charge is 2.26. The molecule has 160 valence electrons. The van der Waals surface area contributed by atoms with Gasteiger partial charge in [0.25, 0.3) is 11.8 Å². The lowest BCUT2D eigenvalue weighted by Crippen LogP contribution is -3.28. The lowest BCUT2D eigenvalue weighted by molar-refractivity contribution is -1.00. The number of hydrogen-bond donors (Lipinski definition) is 4. The number of quaternary nitrogens is 2. The molecular weight excluding hydrogens is 387 g/mol. The predicted octanol–water partition coefficient (Wildman–Crippen LogP) is -1.13. The molecule has 0 unspecified atom stereocenters. The van der Waals surface area contributed by atoms with Crippen LogP contribution < -0.4 is 25.2 Å². The zero-order valence-electron chi connectivity index (χ0n) is 17.2. The second-order valence-electron chi connectivity index (χ2n) is 7.50. The predicted molar refractivity (Wildman–Crippen MR) is 111 cm³/mol. The summed E-state index contributed by atoms with van der Waals surface area (Å²) in [5.74, 6) is 0.356. The normalized spacial score (nSPS) is 18.5. The first kappa shape index (κ1) is 21.7. The summed E-state index contributed by atoms with van der Waals surface area (Å²) < 4.78 is 18.2. The molecule has 30 heavy (non-hydrogen) atoms. The molecule has 3 rings (SSSR count). The van der Waals surface area contributed by atoms with Crippen LogP contribution in [0.1, 0.15) is 5.56 Å². The second-order valence-corrected chi connectivity index (χ2v) is 7.50. The third-order valence-corrected chi connectivity index (χ3v) is 5.28. The first-order valence-corrected chi connectivity index (χ1v) is 10.1. The second kappa shape index (κ2) is 10.7. The molecule has 1 saturated heterocycles. The molecule has 0 aromatic heterocycles. The summed E-state index contributed by atoms with van der Waals surface area (Å²) in [5, 5.41) is 5.75. The Kier molecular flexibility index (Phi) is 7.75. The molecule has 0 spiro atoms. The topological polar surface area (TPSA) is 76.3 Å². The minimum atomic E-state index is -0.329. The maximum Gasteiger partial charge on any atom is 0.279 e. The fourth-order valence-corrected chi connectivity index (χ4v) is 3.61. The van der Waals surface area contributed by atoms with Crippen LogP contribution in [-0.4, -0.2) is 58.2 Å². The van der Waals surface area contributed by atoms with Crippen molar-refractivity contribution in [1.82, 2.24) is 5.32 Å². The van der Waals surface area contributed by atoms with Crippen molar-refractivity contribution in [2.24, 2.45) is 0 Å². The van der Waals surface area contributed by atoms with Crippen molar-refractivity contribution >= 4 is 17.5 Å². The van der Waals surface area contributed by atoms with Crippen LogP contribution in [0.25, 0.3) is 0 Å². The average Bonchev–Trinajstić information content (AvgIpc) is 2.75. The van der Waals surface area contributed by atoms with Crippen molar-refractivity contribution in [3.63, 3.8) is 0 Å². The largest absolute Gasteiger partial charge is 0.496 e. The number of halogens is 1. The van der Waals surface area contributed by atoms with Gasteiger partial charge in [0.05, 0.1) is 7.11 Å². The number of carbonyl (C=O) groups is 2. The Morgan fingerprint density at radius 2 is 1.53 bits per heavy atom. The number of carbonyl (C=O) groups excluding carboxylic acids is 2. The summed E-state index contributed by atoms with van der Waals surface area (Å²) in [5.41, 5.74) is 1.54. The van der Waals surface area contributed by atoms with E-state index in [9.17, 15) is 14.0 Å². The Labute approximate surface area is 175 Å². The van der Waals surface area contributed by atoms with Crippen LogP contribution in [0.4, 0.5) is 10.1 Å². The number of anilines is 1. The molecule has 2 aromatic rings. The monoisotopic (exact) mass is 416 g/mol. The van der Waals surface area contributed by atoms with E-state index < -0.39 is 0 Å². The molecule has 1 heterocycles. The summed E-state index contributed by atoms with van der Waals surface area (Å²) in [6.45, 7) is 4.55. The Balaban J connectivity index is 1.36. The van der Waals surface area contributed by atoms with Crippen LogP contribution in [0, 0.1) is 5.82 Å². The van der Waals surface area contributed by atoms with Gasteiger partial charge >= 0.3 is 0 Å². The number of hydrogen-bond acceptors (Lipinski definition) is 3. The number of rotatable bonds is 8. The zero-order chi connectivity index (χ0) is 21.3. The SMILES string of the molecule is COc1ccccc1CNC(=O)C[NH+]1CC[NH+](CC(=O)Nc2ccc(F)cc2)CC1. The van der Waals surface area contributed by atoms with Gasteiger partial charge < -0.3 is 25.2 Å². The van der Waals surface area contributed by atoms with Crippen LogP contribution in [-0.2, 0) is 16.1 Å². The maximum atomic E-state index is 12.9. The number of nitrogens with one attached hydrogen (secondary N) is 4. The average molecular weight is 416 g/mol. The molecule has 1 aliphatic heterocycles. The Morgan fingerprint density at radius 3 is 2.17 bits per heavy atom. The minimum absolute atomic E-state index is 0.00779. The van der Waals surface area contributed by atoms with Gasteiger partial charge in [-0.3, -0.25) is 9.59 Å². The number of methoxy groups -OCH3 is 1. The number of piperazine rings is 1. The summed E-state index contributed by atoms with van der Waals surface area (Å²) >= 11 is 0. The van der Waals surface area contributed by atoms with Crippen LogP contribution in [0.3, 0.4) is 0 Å². The minimum Gasteiger partial charge on any atom is -0.496 e. The van der Waals surface area contributed by atoms with Gasteiger partial charge in [0.15, 0.2) is 13.1 Å². The molecule has 0 atom stereocenters. The van der Waals surface area contributed by atoms with E-state index in [1.165, 1.54) is 21.9 Å². The molecule has 0 aliphatic carbocycles. The van der Waals surface area contributed by atoms with Crippen molar-refractivity contribution < 1.29 is 28.5 Å². The van der Waals surface area contributed by atoms with Crippen molar-refractivity contribution in [3.05, 3.63) is 59.9 Å². The van der Waals surface area contributed by atoms with E-state index in [2.05, 4.69) is 10.6 Å². The van der Waals surface area contributed by atoms with Crippen molar-refractivity contribution in [2.75, 3.05) is 51.7 Å². The molecule has 0 saturated carbocycles. The standard InChI is InChI=1S/C22H27FN4O3/c1-30-20-5-3-2-4-17(20)14-24-21(28)15-26-10-12-27(13-11-26)16-22(29)25-19-8-6-18(23)7-9-19/h2-9H,10-16H2,1H3,(H,24,28)(H,25,29)/p+2. The van der Waals surface area contributed by atoms with Gasteiger partial charge in [0, 0.05) is 17.8 Å². The van der Waals surface area contributed by atoms with Crippen molar-refractivity contribution in [3.8, 4) is 5.75 Å². The lowest BCUT2D eigenvalue weighted by atomic mass is 10.2. The fourth-order valence-electron chi connectivity index (χ4n) is 3.61. The van der Waals surface area contributed by atoms with Gasteiger partial charge in [-0.05, 0) is 30.3 Å². The summed E-state index contributed by atoms with van der Waals surface area (Å²) in [6.07, 6.45) is 0. The Hall–Kier alpha value is -2.97. The number of benzene rings is 2. The quantitative estimate of drug-likeness (QED) is 0.440. The third kappa shape index (κ3) is 6.53. The van der Waals surface area contributed by atoms with E-state index in [0.717, 1.165) is 37.5 Å².